The lowest BCUT2D eigenvalue weighted by atomic mass is 9.93. The van der Waals surface area contributed by atoms with Crippen molar-refractivity contribution in [1.82, 2.24) is 10.2 Å². The number of nitriles is 1. The second-order valence-corrected chi connectivity index (χ2v) is 7.81. The number of ether oxygens (including phenoxy) is 2. The molecule has 0 unspecified atom stereocenters. The van der Waals surface area contributed by atoms with Crippen LogP contribution in [0.4, 0.5) is 11.4 Å². The second-order valence-electron chi connectivity index (χ2n) is 7.81. The SMILES string of the molecule is CCN(C)c1c(-c2cc(N3CCOCC3)ccc2C#N)c(-c2cccc(OC)c2)n[nH]c1=O. The summed E-state index contributed by atoms with van der Waals surface area (Å²) >= 11 is 0. The van der Waals surface area contributed by atoms with Crippen LogP contribution in [0.2, 0.25) is 0 Å². The van der Waals surface area contributed by atoms with Crippen LogP contribution in [0, 0.1) is 11.3 Å². The van der Waals surface area contributed by atoms with Crippen molar-refractivity contribution in [3.05, 3.63) is 58.4 Å². The summed E-state index contributed by atoms with van der Waals surface area (Å²) in [4.78, 5) is 17.1. The van der Waals surface area contributed by atoms with E-state index in [0.29, 0.717) is 53.6 Å². The molecule has 4 rings (SSSR count). The highest BCUT2D eigenvalue weighted by molar-refractivity contribution is 5.93. The van der Waals surface area contributed by atoms with Gasteiger partial charge in [-0.15, -0.1) is 0 Å². The maximum Gasteiger partial charge on any atom is 0.288 e. The van der Waals surface area contributed by atoms with Gasteiger partial charge in [-0.05, 0) is 37.3 Å². The molecule has 33 heavy (non-hydrogen) atoms. The molecule has 0 aliphatic carbocycles. The molecule has 1 N–H and O–H groups in total. The van der Waals surface area contributed by atoms with E-state index < -0.39 is 0 Å². The average Bonchev–Trinajstić information content (AvgIpc) is 2.88. The maximum absolute atomic E-state index is 13.0. The van der Waals surface area contributed by atoms with Crippen LogP contribution in [-0.2, 0) is 4.74 Å². The second kappa shape index (κ2) is 9.76. The number of rotatable bonds is 6. The van der Waals surface area contributed by atoms with Gasteiger partial charge in [0.1, 0.15) is 17.1 Å². The molecule has 1 aromatic heterocycles. The number of aromatic nitrogens is 2. The minimum Gasteiger partial charge on any atom is -0.497 e. The molecule has 1 aliphatic heterocycles. The first-order valence-electron chi connectivity index (χ1n) is 10.9. The molecule has 170 valence electrons. The Morgan fingerprint density at radius 3 is 2.73 bits per heavy atom. The largest absolute Gasteiger partial charge is 0.497 e. The van der Waals surface area contributed by atoms with Gasteiger partial charge in [-0.25, -0.2) is 5.10 Å². The van der Waals surface area contributed by atoms with Gasteiger partial charge < -0.3 is 19.3 Å². The predicted octanol–water partition coefficient (Wildman–Crippen LogP) is 3.28. The monoisotopic (exact) mass is 445 g/mol. The van der Waals surface area contributed by atoms with E-state index in [9.17, 15) is 10.1 Å². The Morgan fingerprint density at radius 1 is 1.24 bits per heavy atom. The highest BCUT2D eigenvalue weighted by Crippen LogP contribution is 2.39. The highest BCUT2D eigenvalue weighted by atomic mass is 16.5. The van der Waals surface area contributed by atoms with E-state index in [1.165, 1.54) is 0 Å². The number of benzene rings is 2. The van der Waals surface area contributed by atoms with Gasteiger partial charge in [0.25, 0.3) is 5.56 Å². The fourth-order valence-corrected chi connectivity index (χ4v) is 4.05. The molecular formula is C25H27N5O3. The van der Waals surface area contributed by atoms with E-state index in [1.807, 2.05) is 61.3 Å². The lowest BCUT2D eigenvalue weighted by molar-refractivity contribution is 0.122. The summed E-state index contributed by atoms with van der Waals surface area (Å²) in [6.07, 6.45) is 0. The molecule has 0 atom stereocenters. The Hall–Kier alpha value is -3.83. The highest BCUT2D eigenvalue weighted by Gasteiger charge is 2.24. The van der Waals surface area contributed by atoms with Crippen molar-refractivity contribution in [2.75, 3.05) is 56.8 Å². The van der Waals surface area contributed by atoms with Crippen molar-refractivity contribution in [3.8, 4) is 34.2 Å². The van der Waals surface area contributed by atoms with Gasteiger partial charge in [0.05, 0.1) is 32.0 Å². The molecule has 1 aliphatic rings. The number of nitrogens with one attached hydrogen (secondary N) is 1. The number of nitrogens with zero attached hydrogens (tertiary/aromatic N) is 4. The molecule has 0 radical (unpaired) electrons. The third-order valence-electron chi connectivity index (χ3n) is 5.93. The van der Waals surface area contributed by atoms with Gasteiger partial charge >= 0.3 is 0 Å². The average molecular weight is 446 g/mol. The summed E-state index contributed by atoms with van der Waals surface area (Å²) in [5, 5.41) is 17.0. The minimum atomic E-state index is -0.304. The smallest absolute Gasteiger partial charge is 0.288 e. The Bertz CT molecular complexity index is 1240. The number of anilines is 2. The van der Waals surface area contributed by atoms with Crippen molar-refractivity contribution < 1.29 is 9.47 Å². The van der Waals surface area contributed by atoms with Crippen LogP contribution in [0.15, 0.2) is 47.3 Å². The summed E-state index contributed by atoms with van der Waals surface area (Å²) < 4.78 is 10.9. The van der Waals surface area contributed by atoms with E-state index in [1.54, 1.807) is 7.11 Å². The Balaban J connectivity index is 2.02. The van der Waals surface area contributed by atoms with E-state index >= 15 is 0 Å². The Labute approximate surface area is 193 Å². The van der Waals surface area contributed by atoms with Gasteiger partial charge in [0.2, 0.25) is 0 Å². The molecule has 3 aromatic rings. The Kier molecular flexibility index (Phi) is 6.61. The lowest BCUT2D eigenvalue weighted by Crippen LogP contribution is -2.36. The van der Waals surface area contributed by atoms with Gasteiger partial charge in [0, 0.05) is 49.1 Å². The van der Waals surface area contributed by atoms with Crippen LogP contribution < -0.4 is 20.1 Å². The van der Waals surface area contributed by atoms with Crippen molar-refractivity contribution in [2.45, 2.75) is 6.92 Å². The molecule has 8 heteroatoms. The van der Waals surface area contributed by atoms with Crippen molar-refractivity contribution >= 4 is 11.4 Å². The van der Waals surface area contributed by atoms with Gasteiger partial charge in [-0.3, -0.25) is 4.79 Å². The van der Waals surface area contributed by atoms with Crippen molar-refractivity contribution in [1.29, 1.82) is 5.26 Å². The Morgan fingerprint density at radius 2 is 2.03 bits per heavy atom. The normalized spacial score (nSPS) is 13.5. The number of H-pyrrole nitrogens is 1. The maximum atomic E-state index is 13.0. The lowest BCUT2D eigenvalue weighted by Gasteiger charge is -2.30. The number of methoxy groups -OCH3 is 1. The van der Waals surface area contributed by atoms with Crippen molar-refractivity contribution in [2.24, 2.45) is 0 Å². The molecule has 2 aromatic carbocycles. The fourth-order valence-electron chi connectivity index (χ4n) is 4.05. The minimum absolute atomic E-state index is 0.304. The molecule has 0 spiro atoms. The zero-order valence-electron chi connectivity index (χ0n) is 19.1. The zero-order valence-corrected chi connectivity index (χ0v) is 19.1. The predicted molar refractivity (Wildman–Crippen MR) is 129 cm³/mol. The van der Waals surface area contributed by atoms with E-state index in [-0.39, 0.29) is 5.56 Å². The molecule has 0 bridgehead atoms. The van der Waals surface area contributed by atoms with Gasteiger partial charge in [-0.2, -0.15) is 10.4 Å². The molecule has 8 nitrogen and oxygen atoms in total. The van der Waals surface area contributed by atoms with Crippen LogP contribution in [-0.4, -0.2) is 57.2 Å². The summed E-state index contributed by atoms with van der Waals surface area (Å²) in [6, 6.07) is 15.6. The van der Waals surface area contributed by atoms with E-state index in [2.05, 4.69) is 21.2 Å². The standard InChI is InChI=1S/C25H27N5O3/c1-4-29(2)24-22(23(27-28-25(24)31)17-6-5-7-20(14-17)32-3)21-15-19(9-8-18(21)16-26)30-10-12-33-13-11-30/h5-9,14-15H,4,10-13H2,1-3H3,(H,28,31). The summed E-state index contributed by atoms with van der Waals surface area (Å²) in [7, 11) is 3.47. The first-order valence-corrected chi connectivity index (χ1v) is 10.9. The van der Waals surface area contributed by atoms with Crippen LogP contribution in [0.1, 0.15) is 12.5 Å². The fraction of sp³-hybridized carbons (Fsp3) is 0.320. The molecule has 0 amide bonds. The molecule has 0 saturated carbocycles. The van der Waals surface area contributed by atoms with Crippen LogP contribution in [0.3, 0.4) is 0 Å². The molecule has 1 saturated heterocycles. The molecular weight excluding hydrogens is 418 g/mol. The van der Waals surface area contributed by atoms with E-state index in [0.717, 1.165) is 24.3 Å². The molecule has 2 heterocycles. The number of morpholine rings is 1. The topological polar surface area (TPSA) is 94.5 Å². The third-order valence-corrected chi connectivity index (χ3v) is 5.93. The van der Waals surface area contributed by atoms with Gasteiger partial charge in [-0.1, -0.05) is 12.1 Å². The van der Waals surface area contributed by atoms with E-state index in [4.69, 9.17) is 9.47 Å². The van der Waals surface area contributed by atoms with Gasteiger partial charge in [0.15, 0.2) is 0 Å². The summed E-state index contributed by atoms with van der Waals surface area (Å²) in [5.41, 5.74) is 4.30. The number of hydrogen-bond acceptors (Lipinski definition) is 7. The molecule has 1 fully saturated rings. The summed E-state index contributed by atoms with van der Waals surface area (Å²) in [6.45, 7) is 5.43. The van der Waals surface area contributed by atoms with Crippen LogP contribution in [0.25, 0.3) is 22.4 Å². The summed E-state index contributed by atoms with van der Waals surface area (Å²) in [5.74, 6) is 0.680. The quantitative estimate of drug-likeness (QED) is 0.622. The number of aromatic amines is 1. The van der Waals surface area contributed by atoms with Crippen LogP contribution in [0.5, 0.6) is 5.75 Å². The zero-order chi connectivity index (χ0) is 23.4. The first kappa shape index (κ1) is 22.4. The first-order chi connectivity index (χ1) is 16.1. The van der Waals surface area contributed by atoms with Crippen molar-refractivity contribution in [3.63, 3.8) is 0 Å². The third kappa shape index (κ3) is 4.41. The number of hydrogen-bond donors (Lipinski definition) is 1. The van der Waals surface area contributed by atoms with Crippen LogP contribution >= 0.6 is 0 Å².